The van der Waals surface area contributed by atoms with Crippen molar-refractivity contribution in [1.29, 1.82) is 0 Å². The van der Waals surface area contributed by atoms with Crippen molar-refractivity contribution in [1.82, 2.24) is 9.80 Å². The first-order valence-electron chi connectivity index (χ1n) is 10.3. The van der Waals surface area contributed by atoms with E-state index in [0.717, 1.165) is 12.3 Å². The number of rotatable bonds is 5. The lowest BCUT2D eigenvalue weighted by molar-refractivity contribution is -0.0594. The normalized spacial score (nSPS) is 25.9. The average Bonchev–Trinajstić information content (AvgIpc) is 2.69. The Morgan fingerprint density at radius 3 is 2.48 bits per heavy atom. The Morgan fingerprint density at radius 2 is 1.78 bits per heavy atom. The second-order valence-corrected chi connectivity index (χ2v) is 8.47. The molecular weight excluding hydrogens is 332 g/mol. The standard InChI is InChI=1S/C24H32N2O/c1-17(2)21-7-5-6-8-22(21)24-23-14-11-19(25(24)3)16-26(23)15-18-9-12-20(27-4)13-10-18/h5-10,12-13,17,19,23-24H,11,14-16H2,1-4H3. The van der Waals surface area contributed by atoms with Crippen LogP contribution in [-0.4, -0.2) is 42.6 Å². The summed E-state index contributed by atoms with van der Waals surface area (Å²) in [4.78, 5) is 5.37. The molecule has 2 aromatic carbocycles. The zero-order valence-electron chi connectivity index (χ0n) is 17.1. The van der Waals surface area contributed by atoms with Crippen molar-refractivity contribution in [3.05, 3.63) is 65.2 Å². The van der Waals surface area contributed by atoms with Gasteiger partial charge in [-0.1, -0.05) is 50.2 Å². The minimum atomic E-state index is 0.495. The van der Waals surface area contributed by atoms with Crippen LogP contribution in [0.3, 0.4) is 0 Å². The highest BCUT2D eigenvalue weighted by molar-refractivity contribution is 5.35. The van der Waals surface area contributed by atoms with Crippen LogP contribution in [-0.2, 0) is 6.54 Å². The summed E-state index contributed by atoms with van der Waals surface area (Å²) in [6.45, 7) is 6.83. The first-order chi connectivity index (χ1) is 13.1. The van der Waals surface area contributed by atoms with Crippen molar-refractivity contribution >= 4 is 0 Å². The first-order valence-corrected chi connectivity index (χ1v) is 10.3. The number of methoxy groups -OCH3 is 1. The number of hydrogen-bond donors (Lipinski definition) is 0. The van der Waals surface area contributed by atoms with Crippen LogP contribution in [0.25, 0.3) is 0 Å². The van der Waals surface area contributed by atoms with Gasteiger partial charge in [0.25, 0.3) is 0 Å². The topological polar surface area (TPSA) is 15.7 Å². The van der Waals surface area contributed by atoms with Crippen LogP contribution in [0.1, 0.15) is 55.3 Å². The van der Waals surface area contributed by atoms with Gasteiger partial charge in [-0.15, -0.1) is 0 Å². The Kier molecular flexibility index (Phi) is 5.25. The third-order valence-electron chi connectivity index (χ3n) is 6.57. The average molecular weight is 365 g/mol. The van der Waals surface area contributed by atoms with Crippen LogP contribution < -0.4 is 4.74 Å². The summed E-state index contributed by atoms with van der Waals surface area (Å²) < 4.78 is 5.31. The fraction of sp³-hybridized carbons (Fsp3) is 0.500. The molecule has 0 N–H and O–H groups in total. The zero-order chi connectivity index (χ0) is 19.0. The molecule has 3 heterocycles. The molecule has 0 spiro atoms. The maximum atomic E-state index is 5.31. The Hall–Kier alpha value is -1.84. The first kappa shape index (κ1) is 18.5. The van der Waals surface area contributed by atoms with Crippen molar-refractivity contribution in [3.63, 3.8) is 0 Å². The number of hydrogen-bond acceptors (Lipinski definition) is 3. The molecule has 27 heavy (non-hydrogen) atoms. The molecule has 2 aromatic rings. The Labute approximate surface area is 163 Å². The summed E-state index contributed by atoms with van der Waals surface area (Å²) in [7, 11) is 4.06. The number of ether oxygens (including phenoxy) is 1. The van der Waals surface area contributed by atoms with E-state index in [1.807, 2.05) is 0 Å². The summed E-state index contributed by atoms with van der Waals surface area (Å²) in [5.74, 6) is 1.49. The predicted octanol–water partition coefficient (Wildman–Crippen LogP) is 4.84. The number of nitrogens with zero attached hydrogens (tertiary/aromatic N) is 2. The van der Waals surface area contributed by atoms with Gasteiger partial charge in [-0.2, -0.15) is 0 Å². The van der Waals surface area contributed by atoms with Gasteiger partial charge < -0.3 is 4.74 Å². The maximum absolute atomic E-state index is 5.31. The molecule has 3 heteroatoms. The van der Waals surface area contributed by atoms with E-state index in [0.29, 0.717) is 24.0 Å². The number of piperidine rings is 2. The molecule has 2 bridgehead atoms. The lowest BCUT2D eigenvalue weighted by atomic mass is 9.79. The molecule has 3 fully saturated rings. The molecule has 0 aliphatic carbocycles. The number of piperazine rings is 1. The number of benzene rings is 2. The van der Waals surface area contributed by atoms with Gasteiger partial charge in [-0.3, -0.25) is 9.80 Å². The summed E-state index contributed by atoms with van der Waals surface area (Å²) in [5.41, 5.74) is 4.41. The largest absolute Gasteiger partial charge is 0.497 e. The van der Waals surface area contributed by atoms with Crippen LogP contribution in [0, 0.1) is 0 Å². The minimum Gasteiger partial charge on any atom is -0.497 e. The van der Waals surface area contributed by atoms with Gasteiger partial charge in [-0.25, -0.2) is 0 Å². The highest BCUT2D eigenvalue weighted by atomic mass is 16.5. The van der Waals surface area contributed by atoms with E-state index >= 15 is 0 Å². The molecule has 0 aromatic heterocycles. The second-order valence-electron chi connectivity index (χ2n) is 8.47. The minimum absolute atomic E-state index is 0.495. The van der Waals surface area contributed by atoms with E-state index < -0.39 is 0 Å². The molecule has 0 saturated carbocycles. The number of fused-ring (bicyclic) bond motifs is 3. The van der Waals surface area contributed by atoms with Gasteiger partial charge in [-0.05, 0) is 54.6 Å². The molecule has 3 nitrogen and oxygen atoms in total. The smallest absolute Gasteiger partial charge is 0.118 e. The summed E-state index contributed by atoms with van der Waals surface area (Å²) >= 11 is 0. The Balaban J connectivity index is 1.62. The predicted molar refractivity (Wildman–Crippen MR) is 111 cm³/mol. The summed E-state index contributed by atoms with van der Waals surface area (Å²) in [6, 6.07) is 19.4. The molecule has 3 aliphatic rings. The quantitative estimate of drug-likeness (QED) is 0.755. The SMILES string of the molecule is COc1ccc(CN2CC3CCC2C(c2ccccc2C(C)C)N3C)cc1. The highest BCUT2D eigenvalue weighted by Crippen LogP contribution is 2.43. The zero-order valence-corrected chi connectivity index (χ0v) is 17.1. The summed E-state index contributed by atoms with van der Waals surface area (Å²) in [5, 5.41) is 0. The van der Waals surface area contributed by atoms with Crippen molar-refractivity contribution in [2.24, 2.45) is 0 Å². The lowest BCUT2D eigenvalue weighted by Gasteiger charge is -2.56. The molecule has 144 valence electrons. The van der Waals surface area contributed by atoms with Gasteiger partial charge >= 0.3 is 0 Å². The van der Waals surface area contributed by atoms with Gasteiger partial charge in [0, 0.05) is 25.2 Å². The highest BCUT2D eigenvalue weighted by Gasteiger charge is 2.45. The van der Waals surface area contributed by atoms with Crippen molar-refractivity contribution in [2.45, 2.75) is 57.3 Å². The third kappa shape index (κ3) is 3.51. The monoisotopic (exact) mass is 364 g/mol. The third-order valence-corrected chi connectivity index (χ3v) is 6.57. The molecular formula is C24H32N2O. The molecule has 3 saturated heterocycles. The Morgan fingerprint density at radius 1 is 1.04 bits per heavy atom. The molecule has 3 unspecified atom stereocenters. The molecule has 3 atom stereocenters. The second kappa shape index (κ2) is 7.65. The van der Waals surface area contributed by atoms with Gasteiger partial charge in [0.05, 0.1) is 13.2 Å². The van der Waals surface area contributed by atoms with Crippen LogP contribution in [0.5, 0.6) is 5.75 Å². The summed E-state index contributed by atoms with van der Waals surface area (Å²) in [6.07, 6.45) is 2.61. The van der Waals surface area contributed by atoms with E-state index in [1.54, 1.807) is 7.11 Å². The van der Waals surface area contributed by atoms with Crippen molar-refractivity contribution in [2.75, 3.05) is 20.7 Å². The number of likely N-dealkylation sites (N-methyl/N-ethyl adjacent to an activating group) is 1. The Bertz CT molecular complexity index is 770. The molecule has 5 rings (SSSR count). The van der Waals surface area contributed by atoms with Crippen LogP contribution >= 0.6 is 0 Å². The fourth-order valence-electron chi connectivity index (χ4n) is 5.11. The van der Waals surface area contributed by atoms with Crippen LogP contribution in [0.15, 0.2) is 48.5 Å². The molecule has 0 radical (unpaired) electrons. The molecule has 3 aliphatic heterocycles. The van der Waals surface area contributed by atoms with Crippen molar-refractivity contribution < 1.29 is 4.74 Å². The van der Waals surface area contributed by atoms with E-state index in [-0.39, 0.29) is 0 Å². The lowest BCUT2D eigenvalue weighted by Crippen LogP contribution is -2.62. The van der Waals surface area contributed by atoms with E-state index in [9.17, 15) is 0 Å². The van der Waals surface area contributed by atoms with E-state index in [4.69, 9.17) is 4.74 Å². The van der Waals surface area contributed by atoms with E-state index in [1.165, 1.54) is 36.1 Å². The van der Waals surface area contributed by atoms with Gasteiger partial charge in [0.1, 0.15) is 5.75 Å². The van der Waals surface area contributed by atoms with Crippen LogP contribution in [0.4, 0.5) is 0 Å². The maximum Gasteiger partial charge on any atom is 0.118 e. The van der Waals surface area contributed by atoms with Gasteiger partial charge in [0.15, 0.2) is 0 Å². The van der Waals surface area contributed by atoms with Crippen molar-refractivity contribution in [3.8, 4) is 5.75 Å². The fourth-order valence-corrected chi connectivity index (χ4v) is 5.11. The molecule has 0 amide bonds. The van der Waals surface area contributed by atoms with E-state index in [2.05, 4.69) is 79.2 Å². The van der Waals surface area contributed by atoms with Gasteiger partial charge in [0.2, 0.25) is 0 Å². The van der Waals surface area contributed by atoms with Crippen LogP contribution in [0.2, 0.25) is 0 Å².